The van der Waals surface area contributed by atoms with Crippen LogP contribution in [0.1, 0.15) is 52.4 Å². The number of fused-ring (bicyclic) bond motifs is 1. The van der Waals surface area contributed by atoms with E-state index in [1.807, 2.05) is 54.3 Å². The minimum Gasteiger partial charge on any atom is -0.486 e. The van der Waals surface area contributed by atoms with Crippen molar-refractivity contribution in [3.05, 3.63) is 119 Å². The van der Waals surface area contributed by atoms with E-state index in [2.05, 4.69) is 11.4 Å². The molecule has 0 spiro atoms. The predicted molar refractivity (Wildman–Crippen MR) is 138 cm³/mol. The lowest BCUT2D eigenvalue weighted by Gasteiger charge is -2.38. The molecule has 0 aliphatic carbocycles. The predicted octanol–water partition coefficient (Wildman–Crippen LogP) is 6.13. The highest BCUT2D eigenvalue weighted by Gasteiger charge is 2.31. The smallest absolute Gasteiger partial charge is 0.291 e. The van der Waals surface area contributed by atoms with Crippen LogP contribution in [0.25, 0.3) is 0 Å². The van der Waals surface area contributed by atoms with Crippen LogP contribution in [0.2, 0.25) is 0 Å². The highest BCUT2D eigenvalue weighted by Crippen LogP contribution is 2.37. The van der Waals surface area contributed by atoms with E-state index in [0.717, 1.165) is 17.5 Å². The first-order valence-corrected chi connectivity index (χ1v) is 12.3. The molecule has 7 heteroatoms. The molecule has 5 rings (SSSR count). The Balaban J connectivity index is 1.31. The molecule has 3 aromatic carbocycles. The number of hydrogen-bond donors (Lipinski definition) is 1. The maximum Gasteiger partial charge on any atom is 0.291 e. The molecule has 1 aliphatic rings. The first-order valence-electron chi connectivity index (χ1n) is 12.3. The van der Waals surface area contributed by atoms with Crippen LogP contribution >= 0.6 is 0 Å². The highest BCUT2D eigenvalue weighted by atomic mass is 19.1. The van der Waals surface area contributed by atoms with Gasteiger partial charge in [0.05, 0.1) is 6.04 Å². The first-order chi connectivity index (χ1) is 18.0. The third kappa shape index (κ3) is 5.40. The summed E-state index contributed by atoms with van der Waals surface area (Å²) in [6, 6.07) is 24.6. The van der Waals surface area contributed by atoms with Gasteiger partial charge in [-0.05, 0) is 71.6 Å². The molecule has 1 aromatic heterocycles. The topological polar surface area (TPSA) is 71.8 Å². The Hall–Kier alpha value is -4.39. The van der Waals surface area contributed by atoms with Gasteiger partial charge in [-0.15, -0.1) is 0 Å². The first kappa shape index (κ1) is 24.3. The van der Waals surface area contributed by atoms with Gasteiger partial charge in [-0.2, -0.15) is 0 Å². The number of amides is 2. The van der Waals surface area contributed by atoms with Gasteiger partial charge in [-0.1, -0.05) is 43.3 Å². The van der Waals surface area contributed by atoms with Gasteiger partial charge in [0.1, 0.15) is 23.9 Å². The zero-order valence-electron chi connectivity index (χ0n) is 20.4. The van der Waals surface area contributed by atoms with Crippen LogP contribution in [0.3, 0.4) is 0 Å². The van der Waals surface area contributed by atoms with Gasteiger partial charge in [0.25, 0.3) is 5.91 Å². The molecule has 0 saturated heterocycles. The SMILES string of the molecule is CCC(=O)N1CCc2ccc(OCc3ccc(C(=O)Nc4ccc(F)cc4)o3)cc2[C@H]1c1ccccc1. The number of benzene rings is 3. The van der Waals surface area contributed by atoms with E-state index in [9.17, 15) is 14.0 Å². The van der Waals surface area contributed by atoms with E-state index >= 15 is 0 Å². The summed E-state index contributed by atoms with van der Waals surface area (Å²) in [6.07, 6.45) is 1.24. The van der Waals surface area contributed by atoms with Crippen molar-refractivity contribution in [2.24, 2.45) is 0 Å². The Morgan fingerprint density at radius 2 is 1.81 bits per heavy atom. The van der Waals surface area contributed by atoms with Gasteiger partial charge in [0.2, 0.25) is 5.91 Å². The number of furan rings is 1. The van der Waals surface area contributed by atoms with Crippen molar-refractivity contribution < 1.29 is 23.1 Å². The summed E-state index contributed by atoms with van der Waals surface area (Å²) in [4.78, 5) is 27.2. The zero-order valence-corrected chi connectivity index (χ0v) is 20.4. The Labute approximate surface area is 214 Å². The summed E-state index contributed by atoms with van der Waals surface area (Å²) in [5.74, 6) is 0.582. The molecule has 2 heterocycles. The summed E-state index contributed by atoms with van der Waals surface area (Å²) in [7, 11) is 0. The molecule has 0 radical (unpaired) electrons. The van der Waals surface area contributed by atoms with Crippen LogP contribution < -0.4 is 10.1 Å². The van der Waals surface area contributed by atoms with Crippen LogP contribution in [-0.4, -0.2) is 23.3 Å². The van der Waals surface area contributed by atoms with Gasteiger partial charge < -0.3 is 19.4 Å². The number of rotatable bonds is 7. The van der Waals surface area contributed by atoms with E-state index in [-0.39, 0.29) is 30.1 Å². The second-order valence-corrected chi connectivity index (χ2v) is 8.88. The van der Waals surface area contributed by atoms with Crippen molar-refractivity contribution in [1.82, 2.24) is 4.90 Å². The number of carbonyl (C=O) groups is 2. The standard InChI is InChI=1S/C30H27FN2O4/c1-2-28(34)33-17-16-20-8-13-24(18-26(20)29(33)21-6-4-3-5-7-21)36-19-25-14-15-27(37-25)30(35)32-23-11-9-22(31)10-12-23/h3-15,18,29H,2,16-17,19H2,1H3,(H,32,35)/t29-/m1/s1. The highest BCUT2D eigenvalue weighted by molar-refractivity contribution is 6.02. The normalized spacial score (nSPS) is 14.6. The number of ether oxygens (including phenoxy) is 1. The van der Waals surface area contributed by atoms with E-state index in [0.29, 0.717) is 30.2 Å². The molecule has 0 unspecified atom stereocenters. The van der Waals surface area contributed by atoms with Crippen LogP contribution in [0.15, 0.2) is 89.3 Å². The van der Waals surface area contributed by atoms with Crippen LogP contribution in [0, 0.1) is 5.82 Å². The molecule has 188 valence electrons. The number of nitrogens with one attached hydrogen (secondary N) is 1. The fourth-order valence-corrected chi connectivity index (χ4v) is 4.61. The van der Waals surface area contributed by atoms with Crippen molar-refractivity contribution in [2.75, 3.05) is 11.9 Å². The summed E-state index contributed by atoms with van der Waals surface area (Å²) in [5.41, 5.74) is 3.78. The lowest BCUT2D eigenvalue weighted by atomic mass is 9.87. The summed E-state index contributed by atoms with van der Waals surface area (Å²) >= 11 is 0. The minimum absolute atomic E-state index is 0.118. The monoisotopic (exact) mass is 498 g/mol. The maximum absolute atomic E-state index is 13.1. The fourth-order valence-electron chi connectivity index (χ4n) is 4.61. The Kier molecular flexibility index (Phi) is 7.03. The van der Waals surface area contributed by atoms with E-state index in [1.54, 1.807) is 12.1 Å². The number of halogens is 1. The Bertz CT molecular complexity index is 1400. The molecule has 0 bridgehead atoms. The molecule has 4 aromatic rings. The summed E-state index contributed by atoms with van der Waals surface area (Å²) in [5, 5.41) is 2.67. The van der Waals surface area contributed by atoms with Crippen molar-refractivity contribution in [3.63, 3.8) is 0 Å². The lowest BCUT2D eigenvalue weighted by Crippen LogP contribution is -2.40. The van der Waals surface area contributed by atoms with Crippen LogP contribution in [-0.2, 0) is 17.8 Å². The Morgan fingerprint density at radius 1 is 1.03 bits per heavy atom. The minimum atomic E-state index is -0.432. The average Bonchev–Trinajstić information content (AvgIpc) is 3.42. The lowest BCUT2D eigenvalue weighted by molar-refractivity contribution is -0.132. The molecule has 37 heavy (non-hydrogen) atoms. The molecule has 1 atom stereocenters. The largest absolute Gasteiger partial charge is 0.486 e. The van der Waals surface area contributed by atoms with Crippen molar-refractivity contribution in [1.29, 1.82) is 0 Å². The van der Waals surface area contributed by atoms with E-state index < -0.39 is 5.91 Å². The molecular formula is C30H27FN2O4. The van der Waals surface area contributed by atoms with Gasteiger partial charge >= 0.3 is 0 Å². The van der Waals surface area contributed by atoms with Crippen LogP contribution in [0.4, 0.5) is 10.1 Å². The third-order valence-electron chi connectivity index (χ3n) is 6.45. The number of nitrogens with zero attached hydrogens (tertiary/aromatic N) is 1. The van der Waals surface area contributed by atoms with Gasteiger partial charge in [0, 0.05) is 18.7 Å². The molecule has 1 N–H and O–H groups in total. The van der Waals surface area contributed by atoms with E-state index in [1.165, 1.54) is 29.8 Å². The number of carbonyl (C=O) groups excluding carboxylic acids is 2. The maximum atomic E-state index is 13.1. The van der Waals surface area contributed by atoms with E-state index in [4.69, 9.17) is 9.15 Å². The molecule has 0 saturated carbocycles. The van der Waals surface area contributed by atoms with Crippen LogP contribution in [0.5, 0.6) is 5.75 Å². The molecular weight excluding hydrogens is 471 g/mol. The second kappa shape index (κ2) is 10.7. The quantitative estimate of drug-likeness (QED) is 0.333. The molecule has 0 fully saturated rings. The Morgan fingerprint density at radius 3 is 2.57 bits per heavy atom. The van der Waals surface area contributed by atoms with Crippen molar-refractivity contribution >= 4 is 17.5 Å². The average molecular weight is 499 g/mol. The number of anilines is 1. The van der Waals surface area contributed by atoms with Gasteiger partial charge in [-0.25, -0.2) is 4.39 Å². The second-order valence-electron chi connectivity index (χ2n) is 8.88. The molecule has 1 aliphatic heterocycles. The molecule has 6 nitrogen and oxygen atoms in total. The molecule has 2 amide bonds. The summed E-state index contributed by atoms with van der Waals surface area (Å²) < 4.78 is 24.8. The van der Waals surface area contributed by atoms with Gasteiger partial charge in [0.15, 0.2) is 5.76 Å². The fraction of sp³-hybridized carbons (Fsp3) is 0.200. The zero-order chi connectivity index (χ0) is 25.8. The van der Waals surface area contributed by atoms with Crippen molar-refractivity contribution in [3.8, 4) is 5.75 Å². The van der Waals surface area contributed by atoms with Crippen molar-refractivity contribution in [2.45, 2.75) is 32.4 Å². The number of hydrogen-bond acceptors (Lipinski definition) is 4. The van der Waals surface area contributed by atoms with Gasteiger partial charge in [-0.3, -0.25) is 9.59 Å². The third-order valence-corrected chi connectivity index (χ3v) is 6.45. The summed E-state index contributed by atoms with van der Waals surface area (Å²) in [6.45, 7) is 2.70.